The third-order valence-electron chi connectivity index (χ3n) is 3.34. The van der Waals surface area contributed by atoms with Crippen LogP contribution in [0.4, 0.5) is 10.1 Å². The van der Waals surface area contributed by atoms with Crippen molar-refractivity contribution in [2.24, 2.45) is 0 Å². The van der Waals surface area contributed by atoms with Crippen LogP contribution in [0, 0.1) is 5.82 Å². The van der Waals surface area contributed by atoms with Crippen molar-refractivity contribution in [3.8, 4) is 17.2 Å². The van der Waals surface area contributed by atoms with Gasteiger partial charge in [0.25, 0.3) is 0 Å². The van der Waals surface area contributed by atoms with Crippen LogP contribution in [0.2, 0.25) is 0 Å². The predicted molar refractivity (Wildman–Crippen MR) is 97.9 cm³/mol. The molecule has 1 N–H and O–H groups in total. The lowest BCUT2D eigenvalue weighted by molar-refractivity contribution is -0.111. The predicted octanol–water partition coefficient (Wildman–Crippen LogP) is 4.27. The second-order valence-corrected chi connectivity index (χ2v) is 5.81. The monoisotopic (exact) mass is 409 g/mol. The summed E-state index contributed by atoms with van der Waals surface area (Å²) in [7, 11) is 4.55. The van der Waals surface area contributed by atoms with Gasteiger partial charge in [0.05, 0.1) is 27.0 Å². The van der Waals surface area contributed by atoms with Crippen LogP contribution in [0.15, 0.2) is 40.9 Å². The van der Waals surface area contributed by atoms with Crippen LogP contribution in [0.3, 0.4) is 0 Å². The number of carbonyl (C=O) groups excluding carboxylic acids is 1. The molecule has 0 saturated carbocycles. The van der Waals surface area contributed by atoms with Crippen molar-refractivity contribution in [3.63, 3.8) is 0 Å². The molecule has 0 unspecified atom stereocenters. The molecule has 0 atom stereocenters. The molecule has 5 nitrogen and oxygen atoms in total. The maximum absolute atomic E-state index is 13.8. The van der Waals surface area contributed by atoms with Gasteiger partial charge in [0.1, 0.15) is 11.6 Å². The fraction of sp³-hybridized carbons (Fsp3) is 0.167. The molecule has 0 radical (unpaired) electrons. The van der Waals surface area contributed by atoms with Gasteiger partial charge in [-0.2, -0.15) is 0 Å². The molecule has 25 heavy (non-hydrogen) atoms. The maximum Gasteiger partial charge on any atom is 0.248 e. The average Bonchev–Trinajstić information content (AvgIpc) is 2.61. The molecule has 132 valence electrons. The van der Waals surface area contributed by atoms with Gasteiger partial charge in [0, 0.05) is 22.2 Å². The van der Waals surface area contributed by atoms with Gasteiger partial charge in [0.15, 0.2) is 11.5 Å². The fourth-order valence-corrected chi connectivity index (χ4v) is 2.45. The molecule has 0 bridgehead atoms. The Kier molecular flexibility index (Phi) is 6.41. The lowest BCUT2D eigenvalue weighted by Crippen LogP contribution is -2.09. The summed E-state index contributed by atoms with van der Waals surface area (Å²) in [4.78, 5) is 12.0. The Labute approximate surface area is 153 Å². The summed E-state index contributed by atoms with van der Waals surface area (Å²) in [6.07, 6.45) is 2.83. The van der Waals surface area contributed by atoms with Gasteiger partial charge in [-0.1, -0.05) is 15.9 Å². The van der Waals surface area contributed by atoms with Crippen LogP contribution < -0.4 is 19.5 Å². The van der Waals surface area contributed by atoms with E-state index in [-0.39, 0.29) is 5.69 Å². The number of rotatable bonds is 6. The van der Waals surface area contributed by atoms with E-state index in [9.17, 15) is 9.18 Å². The van der Waals surface area contributed by atoms with Crippen molar-refractivity contribution >= 4 is 33.6 Å². The van der Waals surface area contributed by atoms with Gasteiger partial charge in [0.2, 0.25) is 5.91 Å². The van der Waals surface area contributed by atoms with Crippen molar-refractivity contribution in [1.29, 1.82) is 0 Å². The van der Waals surface area contributed by atoms with Crippen LogP contribution in [0.1, 0.15) is 5.56 Å². The molecule has 0 aliphatic carbocycles. The topological polar surface area (TPSA) is 56.8 Å². The molecule has 0 aromatic heterocycles. The first-order chi connectivity index (χ1) is 12.0. The van der Waals surface area contributed by atoms with Gasteiger partial charge < -0.3 is 19.5 Å². The Balaban J connectivity index is 2.21. The van der Waals surface area contributed by atoms with Crippen molar-refractivity contribution in [1.82, 2.24) is 0 Å². The number of anilines is 1. The summed E-state index contributed by atoms with van der Waals surface area (Å²) in [5.74, 6) is 0.523. The summed E-state index contributed by atoms with van der Waals surface area (Å²) in [6, 6.07) is 7.73. The molecule has 0 spiro atoms. The highest BCUT2D eigenvalue weighted by molar-refractivity contribution is 9.10. The molecule has 0 saturated heterocycles. The number of carbonyl (C=O) groups is 1. The van der Waals surface area contributed by atoms with Crippen molar-refractivity contribution in [2.75, 3.05) is 26.6 Å². The summed E-state index contributed by atoms with van der Waals surface area (Å²) < 4.78 is 30.1. The van der Waals surface area contributed by atoms with E-state index in [1.165, 1.54) is 39.5 Å². The highest BCUT2D eigenvalue weighted by atomic mass is 79.9. The third-order valence-corrected chi connectivity index (χ3v) is 3.83. The molecule has 0 fully saturated rings. The molecule has 0 aliphatic rings. The molecule has 0 aliphatic heterocycles. The molecule has 2 aromatic carbocycles. The third kappa shape index (κ3) is 4.73. The van der Waals surface area contributed by atoms with Crippen LogP contribution in [0.25, 0.3) is 6.08 Å². The van der Waals surface area contributed by atoms with Crippen LogP contribution in [-0.4, -0.2) is 27.2 Å². The van der Waals surface area contributed by atoms with Gasteiger partial charge in [-0.3, -0.25) is 4.79 Å². The summed E-state index contributed by atoms with van der Waals surface area (Å²) in [6.45, 7) is 0. The Morgan fingerprint density at radius 3 is 2.28 bits per heavy atom. The van der Waals surface area contributed by atoms with E-state index in [0.717, 1.165) is 0 Å². The molecule has 2 aromatic rings. The quantitative estimate of drug-likeness (QED) is 0.723. The van der Waals surface area contributed by atoms with E-state index >= 15 is 0 Å². The maximum atomic E-state index is 13.8. The Morgan fingerprint density at radius 2 is 1.68 bits per heavy atom. The van der Waals surface area contributed by atoms with E-state index in [2.05, 4.69) is 21.2 Å². The number of benzene rings is 2. The number of amides is 1. The lowest BCUT2D eigenvalue weighted by atomic mass is 10.1. The molecule has 2 rings (SSSR count). The number of halogens is 2. The number of hydrogen-bond acceptors (Lipinski definition) is 4. The van der Waals surface area contributed by atoms with E-state index in [0.29, 0.717) is 27.3 Å². The Hall–Kier alpha value is -2.54. The van der Waals surface area contributed by atoms with Crippen LogP contribution in [0.5, 0.6) is 17.2 Å². The summed E-state index contributed by atoms with van der Waals surface area (Å²) in [5, 5.41) is 2.48. The molecule has 0 heterocycles. The second-order valence-electron chi connectivity index (χ2n) is 4.90. The average molecular weight is 410 g/mol. The van der Waals surface area contributed by atoms with Crippen molar-refractivity contribution in [2.45, 2.75) is 0 Å². The number of methoxy groups -OCH3 is 3. The zero-order valence-electron chi connectivity index (χ0n) is 13.9. The van der Waals surface area contributed by atoms with E-state index in [1.807, 2.05) is 0 Å². The fourth-order valence-electron chi connectivity index (χ4n) is 2.11. The molecule has 1 amide bonds. The Bertz CT molecular complexity index is 808. The summed E-state index contributed by atoms with van der Waals surface area (Å²) >= 11 is 3.16. The van der Waals surface area contributed by atoms with E-state index in [4.69, 9.17) is 14.2 Å². The first-order valence-electron chi connectivity index (χ1n) is 7.22. The molecular weight excluding hydrogens is 393 g/mol. The minimum Gasteiger partial charge on any atom is -0.496 e. The van der Waals surface area contributed by atoms with Gasteiger partial charge in [-0.25, -0.2) is 4.39 Å². The number of hydrogen-bond donors (Lipinski definition) is 1. The largest absolute Gasteiger partial charge is 0.496 e. The second kappa shape index (κ2) is 8.53. The number of nitrogens with one attached hydrogen (secondary N) is 1. The lowest BCUT2D eigenvalue weighted by Gasteiger charge is -2.12. The smallest absolute Gasteiger partial charge is 0.248 e. The van der Waals surface area contributed by atoms with Gasteiger partial charge in [-0.05, 0) is 30.3 Å². The zero-order valence-corrected chi connectivity index (χ0v) is 15.5. The van der Waals surface area contributed by atoms with E-state index < -0.39 is 11.7 Å². The minimum atomic E-state index is -0.528. The standard InChI is InChI=1S/C18H17BrFNO4/c1-23-15-10-17(25-3)16(24-2)8-11(15)4-7-18(22)21-14-6-5-12(19)9-13(14)20/h4-10H,1-3H3,(H,21,22)/b7-4+. The Morgan fingerprint density at radius 1 is 1.04 bits per heavy atom. The van der Waals surface area contributed by atoms with Crippen LogP contribution >= 0.6 is 15.9 Å². The van der Waals surface area contributed by atoms with Crippen molar-refractivity contribution in [3.05, 3.63) is 52.3 Å². The van der Waals surface area contributed by atoms with Gasteiger partial charge in [-0.15, -0.1) is 0 Å². The van der Waals surface area contributed by atoms with Crippen molar-refractivity contribution < 1.29 is 23.4 Å². The van der Waals surface area contributed by atoms with Crippen LogP contribution in [-0.2, 0) is 4.79 Å². The van der Waals surface area contributed by atoms with E-state index in [1.54, 1.807) is 24.3 Å². The molecular formula is C18H17BrFNO4. The minimum absolute atomic E-state index is 0.0946. The highest BCUT2D eigenvalue weighted by Gasteiger charge is 2.11. The molecule has 7 heteroatoms. The van der Waals surface area contributed by atoms with Gasteiger partial charge >= 0.3 is 0 Å². The SMILES string of the molecule is COc1cc(OC)c(OC)cc1/C=C/C(=O)Nc1ccc(Br)cc1F. The highest BCUT2D eigenvalue weighted by Crippen LogP contribution is 2.35. The first kappa shape index (κ1) is 18.8. The zero-order chi connectivity index (χ0) is 18.4. The first-order valence-corrected chi connectivity index (χ1v) is 8.02. The summed E-state index contributed by atoms with van der Waals surface area (Å²) in [5.41, 5.74) is 0.712. The normalized spacial score (nSPS) is 10.6. The number of ether oxygens (including phenoxy) is 3.